The standard InChI is InChI=1S/C27H34Cl2N2O2/c1-4-25(27(33)30-21-9-6-5-7-10-21)31(17-22-23(28)11-8-12-24(22)29)26(32)16-20-14-13-18(2)19(3)15-20/h8,11-15,21,25H,4-7,9-10,16-17H2,1-3H3,(H,30,33)/t25-/m1/s1. The van der Waals surface area contributed by atoms with Gasteiger partial charge in [0.1, 0.15) is 6.04 Å². The first-order valence-electron chi connectivity index (χ1n) is 11.9. The molecule has 1 N–H and O–H groups in total. The van der Waals surface area contributed by atoms with E-state index in [0.29, 0.717) is 22.0 Å². The summed E-state index contributed by atoms with van der Waals surface area (Å²) in [4.78, 5) is 28.6. The third-order valence-electron chi connectivity index (χ3n) is 6.65. The predicted molar refractivity (Wildman–Crippen MR) is 136 cm³/mol. The van der Waals surface area contributed by atoms with Crippen LogP contribution in [0.4, 0.5) is 0 Å². The maximum absolute atomic E-state index is 13.6. The fraction of sp³-hybridized carbons (Fsp3) is 0.481. The second-order valence-electron chi connectivity index (χ2n) is 9.08. The minimum Gasteiger partial charge on any atom is -0.352 e. The van der Waals surface area contributed by atoms with Crippen LogP contribution in [0, 0.1) is 13.8 Å². The number of carbonyl (C=O) groups excluding carboxylic acids is 2. The van der Waals surface area contributed by atoms with E-state index in [1.165, 1.54) is 12.0 Å². The van der Waals surface area contributed by atoms with Crippen LogP contribution in [0.1, 0.15) is 67.7 Å². The fourth-order valence-corrected chi connectivity index (χ4v) is 5.02. The SMILES string of the molecule is CC[C@H](C(=O)NC1CCCCC1)N(Cc1c(Cl)cccc1Cl)C(=O)Cc1ccc(C)c(C)c1. The van der Waals surface area contributed by atoms with E-state index in [4.69, 9.17) is 23.2 Å². The lowest BCUT2D eigenvalue weighted by atomic mass is 9.95. The van der Waals surface area contributed by atoms with Gasteiger partial charge in [-0.25, -0.2) is 0 Å². The van der Waals surface area contributed by atoms with Crippen LogP contribution in [0.25, 0.3) is 0 Å². The number of hydrogen-bond acceptors (Lipinski definition) is 2. The van der Waals surface area contributed by atoms with E-state index in [9.17, 15) is 9.59 Å². The van der Waals surface area contributed by atoms with Gasteiger partial charge in [0.05, 0.1) is 6.42 Å². The molecule has 1 aliphatic rings. The Morgan fingerprint density at radius 2 is 1.70 bits per heavy atom. The van der Waals surface area contributed by atoms with Gasteiger partial charge < -0.3 is 10.2 Å². The molecule has 2 amide bonds. The highest BCUT2D eigenvalue weighted by Crippen LogP contribution is 2.28. The molecule has 1 atom stereocenters. The Labute approximate surface area is 207 Å². The number of nitrogens with one attached hydrogen (secondary N) is 1. The molecule has 3 rings (SSSR count). The Kier molecular flexibility index (Phi) is 9.22. The van der Waals surface area contributed by atoms with Gasteiger partial charge in [-0.05, 0) is 61.9 Å². The summed E-state index contributed by atoms with van der Waals surface area (Å²) in [5.41, 5.74) is 3.92. The maximum Gasteiger partial charge on any atom is 0.243 e. The Hall–Kier alpha value is -2.04. The lowest BCUT2D eigenvalue weighted by molar-refractivity contribution is -0.141. The van der Waals surface area contributed by atoms with Crippen molar-refractivity contribution >= 4 is 35.0 Å². The summed E-state index contributed by atoms with van der Waals surface area (Å²) < 4.78 is 0. The monoisotopic (exact) mass is 488 g/mol. The Bertz CT molecular complexity index is 966. The predicted octanol–water partition coefficient (Wildman–Crippen LogP) is 6.41. The van der Waals surface area contributed by atoms with Crippen LogP contribution in [0.2, 0.25) is 10.0 Å². The number of benzene rings is 2. The van der Waals surface area contributed by atoms with Crippen molar-refractivity contribution in [3.8, 4) is 0 Å². The van der Waals surface area contributed by atoms with E-state index in [0.717, 1.165) is 36.8 Å². The molecule has 0 aliphatic heterocycles. The van der Waals surface area contributed by atoms with Gasteiger partial charge in [-0.1, -0.05) is 73.7 Å². The summed E-state index contributed by atoms with van der Waals surface area (Å²) in [5, 5.41) is 4.19. The zero-order chi connectivity index (χ0) is 24.0. The zero-order valence-electron chi connectivity index (χ0n) is 19.8. The third-order valence-corrected chi connectivity index (χ3v) is 7.36. The zero-order valence-corrected chi connectivity index (χ0v) is 21.3. The molecule has 2 aromatic rings. The molecule has 4 nitrogen and oxygen atoms in total. The van der Waals surface area contributed by atoms with Gasteiger partial charge >= 0.3 is 0 Å². The van der Waals surface area contributed by atoms with E-state index in [1.54, 1.807) is 23.1 Å². The van der Waals surface area contributed by atoms with Gasteiger partial charge in [0, 0.05) is 28.2 Å². The van der Waals surface area contributed by atoms with Gasteiger partial charge in [0.15, 0.2) is 0 Å². The average molecular weight is 489 g/mol. The van der Waals surface area contributed by atoms with Gasteiger partial charge in [-0.2, -0.15) is 0 Å². The molecule has 0 saturated heterocycles. The normalized spacial score (nSPS) is 15.2. The first-order chi connectivity index (χ1) is 15.8. The summed E-state index contributed by atoms with van der Waals surface area (Å²) in [6.45, 7) is 6.22. The summed E-state index contributed by atoms with van der Waals surface area (Å²) in [5.74, 6) is -0.208. The largest absolute Gasteiger partial charge is 0.352 e. The van der Waals surface area contributed by atoms with E-state index < -0.39 is 6.04 Å². The second-order valence-corrected chi connectivity index (χ2v) is 9.90. The molecule has 0 radical (unpaired) electrons. The van der Waals surface area contributed by atoms with Crippen LogP contribution in [-0.4, -0.2) is 28.8 Å². The molecule has 0 bridgehead atoms. The molecule has 0 spiro atoms. The molecule has 0 aromatic heterocycles. The van der Waals surface area contributed by atoms with Crippen molar-refractivity contribution < 1.29 is 9.59 Å². The van der Waals surface area contributed by atoms with Crippen molar-refractivity contribution in [1.82, 2.24) is 10.2 Å². The van der Waals surface area contributed by atoms with Gasteiger partial charge in [0.25, 0.3) is 0 Å². The van der Waals surface area contributed by atoms with Crippen LogP contribution >= 0.6 is 23.2 Å². The number of amides is 2. The minimum atomic E-state index is -0.585. The Balaban J connectivity index is 1.87. The number of rotatable bonds is 8. The second kappa shape index (κ2) is 11.9. The summed E-state index contributed by atoms with van der Waals surface area (Å²) in [6, 6.07) is 10.9. The molecule has 33 heavy (non-hydrogen) atoms. The number of aryl methyl sites for hydroxylation is 2. The van der Waals surface area contributed by atoms with Crippen molar-refractivity contribution in [2.24, 2.45) is 0 Å². The van der Waals surface area contributed by atoms with E-state index in [1.807, 2.05) is 32.0 Å². The van der Waals surface area contributed by atoms with Crippen LogP contribution in [0.3, 0.4) is 0 Å². The topological polar surface area (TPSA) is 49.4 Å². The van der Waals surface area contributed by atoms with E-state index in [2.05, 4.69) is 12.2 Å². The molecular formula is C27H34Cl2N2O2. The summed E-state index contributed by atoms with van der Waals surface area (Å²) in [6.07, 6.45) is 6.20. The van der Waals surface area contributed by atoms with Gasteiger partial charge in [-0.15, -0.1) is 0 Å². The highest BCUT2D eigenvalue weighted by Gasteiger charge is 2.31. The van der Waals surface area contributed by atoms with Crippen LogP contribution in [-0.2, 0) is 22.6 Å². The highest BCUT2D eigenvalue weighted by molar-refractivity contribution is 6.36. The fourth-order valence-electron chi connectivity index (χ4n) is 4.51. The van der Waals surface area contributed by atoms with Gasteiger partial charge in [-0.3, -0.25) is 9.59 Å². The van der Waals surface area contributed by atoms with Crippen LogP contribution < -0.4 is 5.32 Å². The van der Waals surface area contributed by atoms with Crippen molar-refractivity contribution in [3.63, 3.8) is 0 Å². The Morgan fingerprint density at radius 3 is 2.30 bits per heavy atom. The number of carbonyl (C=O) groups is 2. The van der Waals surface area contributed by atoms with Crippen molar-refractivity contribution in [2.75, 3.05) is 0 Å². The first kappa shape index (κ1) is 25.6. The number of halogens is 2. The lowest BCUT2D eigenvalue weighted by Gasteiger charge is -2.33. The van der Waals surface area contributed by atoms with Crippen molar-refractivity contribution in [3.05, 3.63) is 68.7 Å². The van der Waals surface area contributed by atoms with Crippen LogP contribution in [0.15, 0.2) is 36.4 Å². The van der Waals surface area contributed by atoms with E-state index >= 15 is 0 Å². The third kappa shape index (κ3) is 6.74. The van der Waals surface area contributed by atoms with Gasteiger partial charge in [0.2, 0.25) is 11.8 Å². The number of nitrogens with zero attached hydrogens (tertiary/aromatic N) is 1. The molecule has 1 fully saturated rings. The smallest absolute Gasteiger partial charge is 0.243 e. The van der Waals surface area contributed by atoms with Crippen molar-refractivity contribution in [2.45, 2.75) is 84.3 Å². The summed E-state index contributed by atoms with van der Waals surface area (Å²) >= 11 is 12.9. The molecule has 0 unspecified atom stereocenters. The number of hydrogen-bond donors (Lipinski definition) is 1. The van der Waals surface area contributed by atoms with Crippen LogP contribution in [0.5, 0.6) is 0 Å². The first-order valence-corrected chi connectivity index (χ1v) is 12.6. The molecule has 178 valence electrons. The molecule has 1 saturated carbocycles. The van der Waals surface area contributed by atoms with E-state index in [-0.39, 0.29) is 30.8 Å². The molecular weight excluding hydrogens is 455 g/mol. The quantitative estimate of drug-likeness (QED) is 0.466. The highest BCUT2D eigenvalue weighted by atomic mass is 35.5. The molecule has 0 heterocycles. The molecule has 6 heteroatoms. The molecule has 1 aliphatic carbocycles. The Morgan fingerprint density at radius 1 is 1.03 bits per heavy atom. The maximum atomic E-state index is 13.6. The van der Waals surface area contributed by atoms with Crippen molar-refractivity contribution in [1.29, 1.82) is 0 Å². The summed E-state index contributed by atoms with van der Waals surface area (Å²) in [7, 11) is 0. The average Bonchev–Trinajstić information content (AvgIpc) is 2.78. The molecule has 2 aromatic carbocycles. The minimum absolute atomic E-state index is 0.0963. The lowest BCUT2D eigenvalue weighted by Crippen LogP contribution is -2.52.